The number of benzene rings is 2. The molecule has 2 aromatic heterocycles. The highest BCUT2D eigenvalue weighted by Crippen LogP contribution is 2.35. The summed E-state index contributed by atoms with van der Waals surface area (Å²) in [6, 6.07) is 12.2. The van der Waals surface area contributed by atoms with Crippen molar-refractivity contribution in [2.24, 2.45) is 0 Å². The van der Waals surface area contributed by atoms with Gasteiger partial charge in [0.1, 0.15) is 70.7 Å². The Hall–Kier alpha value is -4.92. The van der Waals surface area contributed by atoms with Crippen LogP contribution in [0, 0.1) is 0 Å². The van der Waals surface area contributed by atoms with Gasteiger partial charge in [0.25, 0.3) is 0 Å². The van der Waals surface area contributed by atoms with Crippen LogP contribution in [0.4, 0.5) is 11.4 Å². The number of aliphatic hydroxyl groups excluding tert-OH is 4. The number of aliphatic hydroxyl groups is 4. The van der Waals surface area contributed by atoms with E-state index in [1.54, 1.807) is 52.0 Å². The molecule has 0 radical (unpaired) electrons. The van der Waals surface area contributed by atoms with Crippen LogP contribution in [0.2, 0.25) is 0 Å². The van der Waals surface area contributed by atoms with Gasteiger partial charge in [-0.05, 0) is 76.9 Å². The van der Waals surface area contributed by atoms with Crippen molar-refractivity contribution in [1.82, 2.24) is 0 Å². The molecule has 60 heavy (non-hydrogen) atoms. The van der Waals surface area contributed by atoms with Gasteiger partial charge in [0.15, 0.2) is 0 Å². The van der Waals surface area contributed by atoms with Gasteiger partial charge >= 0.3 is 11.3 Å². The lowest BCUT2D eigenvalue weighted by atomic mass is 9.89. The highest BCUT2D eigenvalue weighted by molar-refractivity contribution is 5.93. The van der Waals surface area contributed by atoms with Gasteiger partial charge in [0.05, 0.1) is 11.2 Å². The van der Waals surface area contributed by atoms with Gasteiger partial charge in [-0.15, -0.1) is 0 Å². The number of rotatable bonds is 15. The van der Waals surface area contributed by atoms with Crippen molar-refractivity contribution in [3.05, 3.63) is 69.4 Å². The van der Waals surface area contributed by atoms with Crippen molar-refractivity contribution in [1.29, 1.82) is 0 Å². The van der Waals surface area contributed by atoms with E-state index in [4.69, 9.17) is 37.3 Å². The molecule has 2 aliphatic heterocycles. The Morgan fingerprint density at radius 2 is 0.983 bits per heavy atom. The second-order valence-electron chi connectivity index (χ2n) is 16.0. The van der Waals surface area contributed by atoms with E-state index in [0.717, 1.165) is 0 Å². The lowest BCUT2D eigenvalue weighted by Crippen LogP contribution is -2.63. The van der Waals surface area contributed by atoms with Gasteiger partial charge in [-0.25, -0.2) is 9.59 Å². The number of methoxy groups -OCH3 is 2. The van der Waals surface area contributed by atoms with E-state index in [2.05, 4.69) is 10.6 Å². The highest BCUT2D eigenvalue weighted by Gasteiger charge is 2.51. The number of carbonyl (C=O) groups excluding carboxylic acids is 2. The third-order valence-corrected chi connectivity index (χ3v) is 10.6. The largest absolute Gasteiger partial charge is 0.462 e. The molecule has 2 aromatic carbocycles. The molecule has 4 heterocycles. The molecule has 5 unspecified atom stereocenters. The zero-order chi connectivity index (χ0) is 43.5. The lowest BCUT2D eigenvalue weighted by molar-refractivity contribution is -0.306. The number of unbranched alkanes of at least 4 members (excludes halogenated alkanes) is 3. The zero-order valence-corrected chi connectivity index (χ0v) is 34.2. The van der Waals surface area contributed by atoms with Crippen LogP contribution in [0.1, 0.15) is 66.2 Å². The molecule has 6 N–H and O–H groups in total. The van der Waals surface area contributed by atoms with Crippen molar-refractivity contribution in [3.8, 4) is 11.5 Å². The Balaban J connectivity index is 0.928. The first kappa shape index (κ1) is 44.6. The molecular formula is C42H52N2O16. The highest BCUT2D eigenvalue weighted by atomic mass is 16.7. The standard InChI is InChI=1S/C42H52N2O16/c1-41(2)35(53-5)31(47)33(49)39(59-41)55-23-15-13-21-17-25(37(51)57-27(21)19-23)43-29(45)11-9-7-8-10-12-30(46)44-26-18-22-14-16-24(20-28(22)58-38(26)52)56-40-34(50)32(48)36(54-6)42(3,4)60-40/h13-20,31-36,39-40,47-50H,7-12H2,1-6H3,(H,43,45)(H,44,46)/t31?,32?,33?,34?,35-,36?,39-,40-/m1/s1. The molecule has 0 saturated carbocycles. The number of carbonyl (C=O) groups is 2. The summed E-state index contributed by atoms with van der Waals surface area (Å²) in [5.74, 6) is -0.343. The van der Waals surface area contributed by atoms with Gasteiger partial charge in [-0.1, -0.05) is 12.8 Å². The SMILES string of the molecule is COC1C(O)C(O)[C@H](Oc2ccc3cc(NC(=O)CCCCCCC(=O)Nc4cc5ccc(O[C@@H]6OC(C)(C)[C@H](OC)C(O)C6O)cc5oc4=O)c(=O)oc3c2)OC1(C)C. The minimum Gasteiger partial charge on any atom is -0.462 e. The van der Waals surface area contributed by atoms with Crippen molar-refractivity contribution in [2.45, 2.75) is 127 Å². The molecule has 0 bridgehead atoms. The Morgan fingerprint density at radius 3 is 1.35 bits per heavy atom. The third kappa shape index (κ3) is 9.98. The van der Waals surface area contributed by atoms with Crippen molar-refractivity contribution >= 4 is 45.1 Å². The van der Waals surface area contributed by atoms with E-state index in [9.17, 15) is 39.6 Å². The van der Waals surface area contributed by atoms with Crippen molar-refractivity contribution in [2.75, 3.05) is 24.9 Å². The summed E-state index contributed by atoms with van der Waals surface area (Å²) in [5, 5.41) is 48.3. The van der Waals surface area contributed by atoms with Crippen LogP contribution in [0.15, 0.2) is 67.0 Å². The number of ether oxygens (including phenoxy) is 6. The van der Waals surface area contributed by atoms with Crippen LogP contribution >= 0.6 is 0 Å². The first-order valence-corrected chi connectivity index (χ1v) is 19.6. The number of amides is 2. The molecular weight excluding hydrogens is 788 g/mol. The van der Waals surface area contributed by atoms with Gasteiger partial charge in [-0.2, -0.15) is 0 Å². The van der Waals surface area contributed by atoms with Crippen molar-refractivity contribution in [3.63, 3.8) is 0 Å². The smallest absolute Gasteiger partial charge is 0.360 e. The molecule has 0 aliphatic carbocycles. The van der Waals surface area contributed by atoms with E-state index < -0.39 is 71.7 Å². The van der Waals surface area contributed by atoms with Crippen LogP contribution in [0.3, 0.4) is 0 Å². The van der Waals surface area contributed by atoms with Crippen LogP contribution in [-0.4, -0.2) is 107 Å². The van der Waals surface area contributed by atoms with E-state index in [1.165, 1.54) is 38.5 Å². The summed E-state index contributed by atoms with van der Waals surface area (Å²) in [6.07, 6.45) is -6.89. The number of fused-ring (bicyclic) bond motifs is 2. The van der Waals surface area contributed by atoms with Crippen molar-refractivity contribution < 1.29 is 67.3 Å². The minimum absolute atomic E-state index is 0.0361. The number of hydrogen-bond acceptors (Lipinski definition) is 16. The maximum atomic E-state index is 12.7. The summed E-state index contributed by atoms with van der Waals surface area (Å²) in [4.78, 5) is 50.8. The van der Waals surface area contributed by atoms with Gasteiger partial charge in [0, 0.05) is 50.0 Å². The third-order valence-electron chi connectivity index (χ3n) is 10.6. The van der Waals surface area contributed by atoms with E-state index in [-0.39, 0.29) is 58.7 Å². The van der Waals surface area contributed by atoms with Crippen LogP contribution in [0.25, 0.3) is 21.9 Å². The molecule has 6 rings (SSSR count). The summed E-state index contributed by atoms with van der Waals surface area (Å²) in [5.41, 5.74) is -3.23. The predicted molar refractivity (Wildman–Crippen MR) is 215 cm³/mol. The second kappa shape index (κ2) is 18.4. The molecule has 18 heteroatoms. The molecule has 2 aliphatic rings. The van der Waals surface area contributed by atoms with Crippen LogP contribution in [0.5, 0.6) is 11.5 Å². The zero-order valence-electron chi connectivity index (χ0n) is 34.2. The Kier molecular flexibility index (Phi) is 13.7. The normalized spacial score (nSPS) is 26.1. The first-order chi connectivity index (χ1) is 28.4. The Morgan fingerprint density at radius 1 is 0.600 bits per heavy atom. The summed E-state index contributed by atoms with van der Waals surface area (Å²) < 4.78 is 44.7. The molecule has 18 nitrogen and oxygen atoms in total. The second-order valence-corrected chi connectivity index (χ2v) is 16.0. The molecule has 326 valence electrons. The number of anilines is 2. The topological polar surface area (TPSA) is 255 Å². The Labute approximate surface area is 344 Å². The Bertz CT molecular complexity index is 2130. The molecule has 4 aromatic rings. The molecule has 2 saturated heterocycles. The molecule has 2 fully saturated rings. The fraction of sp³-hybridized carbons (Fsp3) is 0.524. The van der Waals surface area contributed by atoms with Gasteiger partial charge in [-0.3, -0.25) is 9.59 Å². The van der Waals surface area contributed by atoms with E-state index in [0.29, 0.717) is 36.5 Å². The van der Waals surface area contributed by atoms with E-state index in [1.807, 2.05) is 0 Å². The first-order valence-electron chi connectivity index (χ1n) is 19.6. The lowest BCUT2D eigenvalue weighted by Gasteiger charge is -2.46. The summed E-state index contributed by atoms with van der Waals surface area (Å²) in [6.45, 7) is 6.80. The van der Waals surface area contributed by atoms with E-state index >= 15 is 0 Å². The molecule has 2 amide bonds. The number of nitrogens with one attached hydrogen (secondary N) is 2. The average Bonchev–Trinajstić information content (AvgIpc) is 3.18. The van der Waals surface area contributed by atoms with Gasteiger partial charge in [0.2, 0.25) is 24.4 Å². The minimum atomic E-state index is -1.41. The van der Waals surface area contributed by atoms with Crippen LogP contribution in [-0.2, 0) is 28.5 Å². The molecule has 0 spiro atoms. The summed E-state index contributed by atoms with van der Waals surface area (Å²) >= 11 is 0. The maximum Gasteiger partial charge on any atom is 0.360 e. The maximum absolute atomic E-state index is 12.7. The summed E-state index contributed by atoms with van der Waals surface area (Å²) in [7, 11) is 2.82. The fourth-order valence-electron chi connectivity index (χ4n) is 7.53. The molecule has 8 atom stereocenters. The van der Waals surface area contributed by atoms with Crippen LogP contribution < -0.4 is 31.4 Å². The quantitative estimate of drug-likeness (QED) is 0.0742. The average molecular weight is 841 g/mol. The predicted octanol–water partition coefficient (Wildman–Crippen LogP) is 3.32. The van der Waals surface area contributed by atoms with Gasteiger partial charge < -0.3 is 68.3 Å². The number of hydrogen-bond donors (Lipinski definition) is 6. The monoisotopic (exact) mass is 840 g/mol. The fourth-order valence-corrected chi connectivity index (χ4v) is 7.53.